The second-order valence-electron chi connectivity index (χ2n) is 6.06. The van der Waals surface area contributed by atoms with Crippen molar-refractivity contribution in [3.63, 3.8) is 0 Å². The summed E-state index contributed by atoms with van der Waals surface area (Å²) < 4.78 is 6.75. The Morgan fingerprint density at radius 2 is 2.21 bits per heavy atom. The van der Waals surface area contributed by atoms with Crippen LogP contribution in [0.2, 0.25) is 0 Å². The van der Waals surface area contributed by atoms with Crippen molar-refractivity contribution in [3.8, 4) is 5.75 Å². The van der Waals surface area contributed by atoms with E-state index in [1.165, 1.54) is 24.2 Å². The predicted molar refractivity (Wildman–Crippen MR) is 92.3 cm³/mol. The van der Waals surface area contributed by atoms with Gasteiger partial charge < -0.3 is 20.9 Å². The number of nitrogens with two attached hydrogens (primary N) is 1. The van der Waals surface area contributed by atoms with E-state index in [1.807, 2.05) is 25.1 Å². The second-order valence-corrected chi connectivity index (χ2v) is 7.31. The van der Waals surface area contributed by atoms with E-state index >= 15 is 0 Å². The van der Waals surface area contributed by atoms with E-state index < -0.39 is 24.5 Å². The van der Waals surface area contributed by atoms with E-state index in [-0.39, 0.29) is 0 Å². The van der Waals surface area contributed by atoms with Crippen molar-refractivity contribution in [3.05, 3.63) is 28.6 Å². The minimum atomic E-state index is -1.10. The average molecular weight is 348 g/mol. The Bertz CT molecular complexity index is 782. The number of nitrogens with one attached hydrogen (secondary N) is 1. The number of rotatable bonds is 7. The highest BCUT2D eigenvalue weighted by atomic mass is 32.1. The third-order valence-corrected chi connectivity index (χ3v) is 5.16. The third-order valence-electron chi connectivity index (χ3n) is 4.08. The van der Waals surface area contributed by atoms with Crippen molar-refractivity contribution < 1.29 is 19.4 Å². The van der Waals surface area contributed by atoms with Gasteiger partial charge in [0.25, 0.3) is 5.91 Å². The molecule has 1 saturated carbocycles. The number of benzene rings is 1. The van der Waals surface area contributed by atoms with Gasteiger partial charge in [0.05, 0.1) is 18.8 Å². The minimum Gasteiger partial charge on any atom is -0.493 e. The zero-order valence-corrected chi connectivity index (χ0v) is 14.2. The van der Waals surface area contributed by atoms with Crippen molar-refractivity contribution >= 4 is 33.2 Å². The van der Waals surface area contributed by atoms with Gasteiger partial charge in [-0.25, -0.2) is 0 Å². The lowest BCUT2D eigenvalue weighted by molar-refractivity contribution is -0.120. The Hall–Kier alpha value is -2.12. The van der Waals surface area contributed by atoms with Crippen LogP contribution in [0.15, 0.2) is 18.2 Å². The van der Waals surface area contributed by atoms with E-state index in [2.05, 4.69) is 5.32 Å². The molecule has 2 amide bonds. The van der Waals surface area contributed by atoms with Crippen LogP contribution < -0.4 is 15.8 Å². The molecule has 1 aliphatic rings. The SMILES string of the molecule is Cc1sc2ccc(OCC3CC3)cc2c1C(=O)N[C@@H](CO)C(N)=O. The summed E-state index contributed by atoms with van der Waals surface area (Å²) in [6.07, 6.45) is 2.42. The van der Waals surface area contributed by atoms with E-state index in [9.17, 15) is 9.59 Å². The van der Waals surface area contributed by atoms with Gasteiger partial charge in [0.2, 0.25) is 5.91 Å². The molecule has 1 aromatic carbocycles. The molecule has 0 spiro atoms. The van der Waals surface area contributed by atoms with Crippen LogP contribution in [0.3, 0.4) is 0 Å². The normalized spacial score (nSPS) is 15.2. The number of primary amides is 1. The number of aliphatic hydroxyl groups excluding tert-OH is 1. The number of fused-ring (bicyclic) bond motifs is 1. The van der Waals surface area contributed by atoms with Gasteiger partial charge in [-0.15, -0.1) is 11.3 Å². The molecule has 6 nitrogen and oxygen atoms in total. The molecule has 0 unspecified atom stereocenters. The largest absolute Gasteiger partial charge is 0.493 e. The van der Waals surface area contributed by atoms with Gasteiger partial charge in [-0.3, -0.25) is 9.59 Å². The molecular weight excluding hydrogens is 328 g/mol. The molecule has 1 heterocycles. The Morgan fingerprint density at radius 1 is 1.46 bits per heavy atom. The van der Waals surface area contributed by atoms with Gasteiger partial charge >= 0.3 is 0 Å². The first kappa shape index (κ1) is 16.7. The molecule has 2 aromatic rings. The first-order valence-electron chi connectivity index (χ1n) is 7.86. The molecule has 0 aliphatic heterocycles. The Kier molecular flexibility index (Phi) is 4.73. The standard InChI is InChI=1S/C17H20N2O4S/c1-9-15(17(22)19-13(7-20)16(18)21)12-6-11(4-5-14(12)24-9)23-8-10-2-3-10/h4-6,10,13,20H,2-3,7-8H2,1H3,(H2,18,21)(H,19,22)/t13-/m0/s1. The predicted octanol–water partition coefficient (Wildman–Crippen LogP) is 1.57. The van der Waals surface area contributed by atoms with Crippen LogP contribution in [-0.2, 0) is 4.79 Å². The maximum absolute atomic E-state index is 12.5. The first-order valence-corrected chi connectivity index (χ1v) is 8.68. The number of carbonyl (C=O) groups is 2. The molecule has 128 valence electrons. The van der Waals surface area contributed by atoms with E-state index in [0.717, 1.165) is 20.7 Å². The lowest BCUT2D eigenvalue weighted by Gasteiger charge is -2.13. The monoisotopic (exact) mass is 348 g/mol. The number of aliphatic hydroxyl groups is 1. The Labute approximate surface area is 143 Å². The molecule has 7 heteroatoms. The van der Waals surface area contributed by atoms with Gasteiger partial charge in [-0.05, 0) is 43.9 Å². The van der Waals surface area contributed by atoms with E-state index in [0.29, 0.717) is 18.1 Å². The fourth-order valence-corrected chi connectivity index (χ4v) is 3.55. The lowest BCUT2D eigenvalue weighted by Crippen LogP contribution is -2.46. The van der Waals surface area contributed by atoms with Crippen molar-refractivity contribution in [1.82, 2.24) is 5.32 Å². The molecular formula is C17H20N2O4S. The number of hydrogen-bond acceptors (Lipinski definition) is 5. The summed E-state index contributed by atoms with van der Waals surface area (Å²) in [5.41, 5.74) is 5.66. The Balaban J connectivity index is 1.87. The summed E-state index contributed by atoms with van der Waals surface area (Å²) in [6, 6.07) is 4.60. The lowest BCUT2D eigenvalue weighted by atomic mass is 10.1. The van der Waals surface area contributed by atoms with E-state index in [1.54, 1.807) is 0 Å². The molecule has 0 saturated heterocycles. The number of ether oxygens (including phenoxy) is 1. The maximum Gasteiger partial charge on any atom is 0.253 e. The van der Waals surface area contributed by atoms with Crippen LogP contribution in [0.4, 0.5) is 0 Å². The summed E-state index contributed by atoms with van der Waals surface area (Å²) in [5.74, 6) is 0.191. The van der Waals surface area contributed by atoms with E-state index in [4.69, 9.17) is 15.6 Å². The molecule has 1 aromatic heterocycles. The topological polar surface area (TPSA) is 102 Å². The molecule has 1 atom stereocenters. The zero-order valence-electron chi connectivity index (χ0n) is 13.4. The number of amides is 2. The van der Waals surface area contributed by atoms with Gasteiger partial charge in [0.1, 0.15) is 11.8 Å². The molecule has 1 fully saturated rings. The number of aryl methyl sites for hydroxylation is 1. The number of thiophene rings is 1. The van der Waals surface area contributed by atoms with Crippen molar-refractivity contribution in [1.29, 1.82) is 0 Å². The summed E-state index contributed by atoms with van der Waals surface area (Å²) in [7, 11) is 0. The highest BCUT2D eigenvalue weighted by Gasteiger charge is 2.24. The van der Waals surface area contributed by atoms with Gasteiger partial charge in [-0.2, -0.15) is 0 Å². The Morgan fingerprint density at radius 3 is 2.83 bits per heavy atom. The molecule has 3 rings (SSSR count). The maximum atomic E-state index is 12.5. The van der Waals surface area contributed by atoms with Crippen molar-refractivity contribution in [2.24, 2.45) is 11.7 Å². The summed E-state index contributed by atoms with van der Waals surface area (Å²) in [4.78, 5) is 24.6. The highest BCUT2D eigenvalue weighted by molar-refractivity contribution is 7.19. The molecule has 4 N–H and O–H groups in total. The smallest absolute Gasteiger partial charge is 0.253 e. The minimum absolute atomic E-state index is 0.420. The summed E-state index contributed by atoms with van der Waals surface area (Å²) in [5, 5.41) is 12.4. The van der Waals surface area contributed by atoms with Crippen molar-refractivity contribution in [2.45, 2.75) is 25.8 Å². The van der Waals surface area contributed by atoms with Crippen LogP contribution in [0.1, 0.15) is 28.1 Å². The number of carbonyl (C=O) groups excluding carboxylic acids is 2. The first-order chi connectivity index (χ1) is 11.5. The molecule has 24 heavy (non-hydrogen) atoms. The van der Waals surface area contributed by atoms with Crippen LogP contribution in [0, 0.1) is 12.8 Å². The summed E-state index contributed by atoms with van der Waals surface area (Å²) >= 11 is 1.50. The van der Waals surface area contributed by atoms with Gasteiger partial charge in [-0.1, -0.05) is 0 Å². The molecule has 1 aliphatic carbocycles. The number of hydrogen-bond donors (Lipinski definition) is 3. The van der Waals surface area contributed by atoms with Crippen molar-refractivity contribution in [2.75, 3.05) is 13.2 Å². The molecule has 0 radical (unpaired) electrons. The third kappa shape index (κ3) is 3.52. The average Bonchev–Trinajstić information content (AvgIpc) is 3.31. The van der Waals surface area contributed by atoms with Crippen LogP contribution in [0.5, 0.6) is 5.75 Å². The van der Waals surface area contributed by atoms with Crippen LogP contribution in [-0.4, -0.2) is 36.2 Å². The fourth-order valence-electron chi connectivity index (χ4n) is 2.51. The van der Waals surface area contributed by atoms with Crippen LogP contribution in [0.25, 0.3) is 10.1 Å². The highest BCUT2D eigenvalue weighted by Crippen LogP contribution is 2.35. The summed E-state index contributed by atoms with van der Waals surface area (Å²) in [6.45, 7) is 2.02. The zero-order chi connectivity index (χ0) is 17.3. The van der Waals surface area contributed by atoms with Gasteiger partial charge in [0.15, 0.2) is 0 Å². The quantitative estimate of drug-likeness (QED) is 0.707. The van der Waals surface area contributed by atoms with Crippen LogP contribution >= 0.6 is 11.3 Å². The molecule has 0 bridgehead atoms. The fraction of sp³-hybridized carbons (Fsp3) is 0.412. The second kappa shape index (κ2) is 6.78. The van der Waals surface area contributed by atoms with Gasteiger partial charge in [0, 0.05) is 15.0 Å².